The highest BCUT2D eigenvalue weighted by atomic mass is 35.5. The molecule has 0 saturated carbocycles. The summed E-state index contributed by atoms with van der Waals surface area (Å²) in [5.74, 6) is 0.540. The van der Waals surface area contributed by atoms with Gasteiger partial charge in [-0.25, -0.2) is 0 Å². The zero-order valence-electron chi connectivity index (χ0n) is 10.1. The lowest BCUT2D eigenvalue weighted by Gasteiger charge is -2.13. The van der Waals surface area contributed by atoms with Crippen LogP contribution in [-0.4, -0.2) is 35.4 Å². The Morgan fingerprint density at radius 2 is 2.31 bits per heavy atom. The standard InChI is InChI=1S/C11H20ClN3O/c1-9(2)15-5-4-10(14-15)7-13-11(6-12)8-16-3/h4-5,9,11,13H,6-8H2,1-3H3. The van der Waals surface area contributed by atoms with Gasteiger partial charge < -0.3 is 10.1 Å². The smallest absolute Gasteiger partial charge is 0.0762 e. The summed E-state index contributed by atoms with van der Waals surface area (Å²) in [5, 5.41) is 7.75. The first-order valence-electron chi connectivity index (χ1n) is 5.49. The molecule has 1 atom stereocenters. The lowest BCUT2D eigenvalue weighted by Crippen LogP contribution is -2.34. The van der Waals surface area contributed by atoms with Crippen molar-refractivity contribution in [3.05, 3.63) is 18.0 Å². The third kappa shape index (κ3) is 4.12. The van der Waals surface area contributed by atoms with Gasteiger partial charge in [0.1, 0.15) is 0 Å². The van der Waals surface area contributed by atoms with Gasteiger partial charge in [-0.05, 0) is 19.9 Å². The highest BCUT2D eigenvalue weighted by molar-refractivity contribution is 6.18. The highest BCUT2D eigenvalue weighted by Gasteiger charge is 2.07. The molecule has 0 bridgehead atoms. The van der Waals surface area contributed by atoms with Gasteiger partial charge in [0.2, 0.25) is 0 Å². The van der Waals surface area contributed by atoms with Crippen molar-refractivity contribution in [3.8, 4) is 0 Å². The predicted molar refractivity (Wildman–Crippen MR) is 65.8 cm³/mol. The fourth-order valence-corrected chi connectivity index (χ4v) is 1.57. The molecule has 92 valence electrons. The highest BCUT2D eigenvalue weighted by Crippen LogP contribution is 2.04. The minimum atomic E-state index is 0.177. The van der Waals surface area contributed by atoms with Crippen molar-refractivity contribution in [2.75, 3.05) is 19.6 Å². The van der Waals surface area contributed by atoms with Crippen LogP contribution >= 0.6 is 11.6 Å². The number of nitrogens with zero attached hydrogens (tertiary/aromatic N) is 2. The van der Waals surface area contributed by atoms with E-state index in [9.17, 15) is 0 Å². The van der Waals surface area contributed by atoms with Crippen molar-refractivity contribution in [2.24, 2.45) is 0 Å². The van der Waals surface area contributed by atoms with E-state index in [0.29, 0.717) is 18.5 Å². The Labute approximate surface area is 102 Å². The lowest BCUT2D eigenvalue weighted by molar-refractivity contribution is 0.172. The van der Waals surface area contributed by atoms with Crippen molar-refractivity contribution in [3.63, 3.8) is 0 Å². The fraction of sp³-hybridized carbons (Fsp3) is 0.727. The summed E-state index contributed by atoms with van der Waals surface area (Å²) in [5.41, 5.74) is 1.03. The number of halogens is 1. The van der Waals surface area contributed by atoms with E-state index in [1.54, 1.807) is 7.11 Å². The van der Waals surface area contributed by atoms with Gasteiger partial charge in [-0.3, -0.25) is 4.68 Å². The monoisotopic (exact) mass is 245 g/mol. The molecule has 0 aromatic carbocycles. The maximum Gasteiger partial charge on any atom is 0.0762 e. The topological polar surface area (TPSA) is 39.1 Å². The number of hydrogen-bond donors (Lipinski definition) is 1. The van der Waals surface area contributed by atoms with Crippen LogP contribution in [-0.2, 0) is 11.3 Å². The Kier molecular flexibility index (Phi) is 5.80. The SMILES string of the molecule is COCC(CCl)NCc1ccn(C(C)C)n1. The average Bonchev–Trinajstić information content (AvgIpc) is 2.73. The zero-order chi connectivity index (χ0) is 12.0. The number of alkyl halides is 1. The molecule has 16 heavy (non-hydrogen) atoms. The summed E-state index contributed by atoms with van der Waals surface area (Å²) >= 11 is 5.80. The van der Waals surface area contributed by atoms with Crippen LogP contribution in [0.15, 0.2) is 12.3 Å². The van der Waals surface area contributed by atoms with Crippen LogP contribution in [0.2, 0.25) is 0 Å². The fourth-order valence-electron chi connectivity index (χ4n) is 1.37. The van der Waals surface area contributed by atoms with Crippen molar-refractivity contribution in [1.29, 1.82) is 0 Å². The molecule has 0 aliphatic rings. The van der Waals surface area contributed by atoms with Gasteiger partial charge in [-0.15, -0.1) is 11.6 Å². The molecule has 0 aliphatic carbocycles. The molecule has 5 heteroatoms. The van der Waals surface area contributed by atoms with Gasteiger partial charge in [-0.2, -0.15) is 5.10 Å². The van der Waals surface area contributed by atoms with Crippen LogP contribution in [0.25, 0.3) is 0 Å². The van der Waals surface area contributed by atoms with Crippen LogP contribution in [0.5, 0.6) is 0 Å². The molecule has 1 heterocycles. The van der Waals surface area contributed by atoms with E-state index < -0.39 is 0 Å². The van der Waals surface area contributed by atoms with Crippen LogP contribution in [0, 0.1) is 0 Å². The lowest BCUT2D eigenvalue weighted by atomic mass is 10.3. The Bertz CT molecular complexity index is 301. The Morgan fingerprint density at radius 1 is 1.56 bits per heavy atom. The second-order valence-electron chi connectivity index (χ2n) is 4.07. The molecule has 0 saturated heterocycles. The number of rotatable bonds is 7. The molecule has 1 unspecified atom stereocenters. The average molecular weight is 246 g/mol. The normalized spacial score (nSPS) is 13.3. The summed E-state index contributed by atoms with van der Waals surface area (Å²) in [7, 11) is 1.68. The minimum absolute atomic E-state index is 0.177. The van der Waals surface area contributed by atoms with E-state index >= 15 is 0 Å². The van der Waals surface area contributed by atoms with E-state index in [1.165, 1.54) is 0 Å². The number of ether oxygens (including phenoxy) is 1. The maximum absolute atomic E-state index is 5.80. The number of hydrogen-bond acceptors (Lipinski definition) is 3. The van der Waals surface area contributed by atoms with Gasteiger partial charge in [0.15, 0.2) is 0 Å². The first kappa shape index (κ1) is 13.5. The summed E-state index contributed by atoms with van der Waals surface area (Å²) < 4.78 is 7.00. The van der Waals surface area contributed by atoms with Crippen LogP contribution < -0.4 is 5.32 Å². The first-order chi connectivity index (χ1) is 7.67. The van der Waals surface area contributed by atoms with Crippen LogP contribution in [0.3, 0.4) is 0 Å². The van der Waals surface area contributed by atoms with Gasteiger partial charge in [0.25, 0.3) is 0 Å². The maximum atomic E-state index is 5.80. The Hall–Kier alpha value is -0.580. The van der Waals surface area contributed by atoms with Crippen molar-refractivity contribution in [2.45, 2.75) is 32.5 Å². The van der Waals surface area contributed by atoms with E-state index in [-0.39, 0.29) is 6.04 Å². The predicted octanol–water partition coefficient (Wildman–Crippen LogP) is 1.81. The molecule has 0 spiro atoms. The molecule has 4 nitrogen and oxygen atoms in total. The summed E-state index contributed by atoms with van der Waals surface area (Å²) in [4.78, 5) is 0. The number of aromatic nitrogens is 2. The molecular formula is C11H20ClN3O. The first-order valence-corrected chi connectivity index (χ1v) is 6.03. The van der Waals surface area contributed by atoms with Crippen LogP contribution in [0.4, 0.5) is 0 Å². The van der Waals surface area contributed by atoms with E-state index in [1.807, 2.05) is 16.9 Å². The second kappa shape index (κ2) is 6.89. The summed E-state index contributed by atoms with van der Waals surface area (Å²) in [6.45, 7) is 5.56. The summed E-state index contributed by atoms with van der Waals surface area (Å²) in [6, 6.07) is 2.60. The van der Waals surface area contributed by atoms with Crippen molar-refractivity contribution in [1.82, 2.24) is 15.1 Å². The molecule has 1 aromatic rings. The molecule has 1 N–H and O–H groups in total. The van der Waals surface area contributed by atoms with Gasteiger partial charge in [0, 0.05) is 37.8 Å². The van der Waals surface area contributed by atoms with Crippen LogP contribution in [0.1, 0.15) is 25.6 Å². The molecule has 0 fully saturated rings. The van der Waals surface area contributed by atoms with E-state index in [4.69, 9.17) is 16.3 Å². The third-order valence-electron chi connectivity index (χ3n) is 2.32. The zero-order valence-corrected chi connectivity index (χ0v) is 10.9. The van der Waals surface area contributed by atoms with Gasteiger partial charge >= 0.3 is 0 Å². The van der Waals surface area contributed by atoms with Gasteiger partial charge in [-0.1, -0.05) is 0 Å². The minimum Gasteiger partial charge on any atom is -0.383 e. The molecular weight excluding hydrogens is 226 g/mol. The Balaban J connectivity index is 2.41. The van der Waals surface area contributed by atoms with Crippen molar-refractivity contribution >= 4 is 11.6 Å². The molecule has 1 rings (SSSR count). The third-order valence-corrected chi connectivity index (χ3v) is 2.69. The second-order valence-corrected chi connectivity index (χ2v) is 4.38. The molecule has 0 amide bonds. The quantitative estimate of drug-likeness (QED) is 0.745. The van der Waals surface area contributed by atoms with E-state index in [0.717, 1.165) is 12.2 Å². The molecule has 1 aromatic heterocycles. The van der Waals surface area contributed by atoms with Gasteiger partial charge in [0.05, 0.1) is 12.3 Å². The van der Waals surface area contributed by atoms with Crippen molar-refractivity contribution < 1.29 is 4.74 Å². The number of methoxy groups -OCH3 is 1. The summed E-state index contributed by atoms with van der Waals surface area (Å²) in [6.07, 6.45) is 1.99. The number of nitrogens with one attached hydrogen (secondary N) is 1. The molecule has 0 radical (unpaired) electrons. The molecule has 0 aliphatic heterocycles. The largest absolute Gasteiger partial charge is 0.383 e. The Morgan fingerprint density at radius 3 is 2.81 bits per heavy atom. The van der Waals surface area contributed by atoms with E-state index in [2.05, 4.69) is 24.3 Å².